The van der Waals surface area contributed by atoms with Crippen molar-refractivity contribution in [2.45, 2.75) is 10.2 Å². The van der Waals surface area contributed by atoms with Crippen LogP contribution in [0.3, 0.4) is 0 Å². The summed E-state index contributed by atoms with van der Waals surface area (Å²) < 4.78 is 4.61. The van der Waals surface area contributed by atoms with E-state index < -0.39 is 5.97 Å². The fourth-order valence-electron chi connectivity index (χ4n) is 1.21. The second-order valence-corrected chi connectivity index (χ2v) is 4.22. The van der Waals surface area contributed by atoms with Crippen molar-refractivity contribution < 1.29 is 9.53 Å². The second-order valence-electron chi connectivity index (χ2n) is 3.22. The van der Waals surface area contributed by atoms with Crippen molar-refractivity contribution in [2.24, 2.45) is 0 Å². The minimum absolute atomic E-state index is 0.239. The molecule has 0 amide bonds. The van der Waals surface area contributed by atoms with Gasteiger partial charge in [0.1, 0.15) is 5.03 Å². The van der Waals surface area contributed by atoms with Crippen molar-refractivity contribution in [3.05, 3.63) is 46.5 Å². The highest BCUT2D eigenvalue weighted by atomic mass is 32.2. The Kier molecular flexibility index (Phi) is 3.73. The smallest absolute Gasteiger partial charge is 0.337 e. The molecule has 2 aromatic rings. The van der Waals surface area contributed by atoms with E-state index in [0.29, 0.717) is 15.7 Å². The Hall–Kier alpha value is -2.15. The first-order valence-electron chi connectivity index (χ1n) is 4.96. The number of nitrogens with zero attached hydrogens (tertiary/aromatic N) is 2. The predicted molar refractivity (Wildman–Crippen MR) is 64.6 cm³/mol. The van der Waals surface area contributed by atoms with Gasteiger partial charge in [0.2, 0.25) is 0 Å². The normalized spacial score (nSPS) is 10.1. The third kappa shape index (κ3) is 2.95. The zero-order valence-corrected chi connectivity index (χ0v) is 10.2. The van der Waals surface area contributed by atoms with Gasteiger partial charge in [0, 0.05) is 18.5 Å². The van der Waals surface area contributed by atoms with Crippen LogP contribution in [0.1, 0.15) is 10.4 Å². The Balaban J connectivity index is 2.24. The molecule has 0 spiro atoms. The van der Waals surface area contributed by atoms with Gasteiger partial charge in [-0.3, -0.25) is 4.79 Å². The summed E-state index contributed by atoms with van der Waals surface area (Å²) in [6, 6.07) is 4.45. The Morgan fingerprint density at radius 2 is 2.11 bits per heavy atom. The van der Waals surface area contributed by atoms with E-state index in [-0.39, 0.29) is 5.56 Å². The molecule has 0 bridgehead atoms. The van der Waals surface area contributed by atoms with Crippen LogP contribution in [-0.4, -0.2) is 28.0 Å². The molecule has 1 N–H and O–H groups in total. The van der Waals surface area contributed by atoms with Gasteiger partial charge < -0.3 is 9.72 Å². The lowest BCUT2D eigenvalue weighted by atomic mass is 10.3. The molecule has 6 nitrogen and oxygen atoms in total. The van der Waals surface area contributed by atoms with Gasteiger partial charge in [-0.15, -0.1) is 0 Å². The molecule has 0 aliphatic rings. The number of aromatic amines is 1. The van der Waals surface area contributed by atoms with E-state index in [1.165, 1.54) is 25.6 Å². The average molecular weight is 263 g/mol. The van der Waals surface area contributed by atoms with Gasteiger partial charge in [-0.05, 0) is 23.9 Å². The monoisotopic (exact) mass is 263 g/mol. The minimum atomic E-state index is -0.436. The summed E-state index contributed by atoms with van der Waals surface area (Å²) in [5.74, 6) is -0.436. The van der Waals surface area contributed by atoms with Crippen LogP contribution in [0.4, 0.5) is 0 Å². The first kappa shape index (κ1) is 12.3. The maximum Gasteiger partial charge on any atom is 0.337 e. The summed E-state index contributed by atoms with van der Waals surface area (Å²) in [6.45, 7) is 0. The summed E-state index contributed by atoms with van der Waals surface area (Å²) in [5.41, 5.74) is 0.157. The molecule has 0 atom stereocenters. The van der Waals surface area contributed by atoms with Gasteiger partial charge in [-0.1, -0.05) is 0 Å². The number of rotatable bonds is 3. The average Bonchev–Trinajstić information content (AvgIpc) is 2.38. The lowest BCUT2D eigenvalue weighted by Gasteiger charge is -2.02. The number of methoxy groups -OCH3 is 1. The summed E-state index contributed by atoms with van der Waals surface area (Å²) in [7, 11) is 1.31. The third-order valence-electron chi connectivity index (χ3n) is 2.01. The number of carbonyl (C=O) groups excluding carboxylic acids is 1. The molecule has 18 heavy (non-hydrogen) atoms. The zero-order chi connectivity index (χ0) is 13.0. The van der Waals surface area contributed by atoms with Gasteiger partial charge in [0.05, 0.1) is 12.7 Å². The van der Waals surface area contributed by atoms with E-state index in [1.54, 1.807) is 12.1 Å². The van der Waals surface area contributed by atoms with Gasteiger partial charge >= 0.3 is 5.97 Å². The quantitative estimate of drug-likeness (QED) is 0.659. The molecule has 2 rings (SSSR count). The van der Waals surface area contributed by atoms with Crippen LogP contribution in [0.15, 0.2) is 45.6 Å². The zero-order valence-electron chi connectivity index (χ0n) is 9.41. The predicted octanol–water partition coefficient (Wildman–Crippen LogP) is 1.10. The lowest BCUT2D eigenvalue weighted by molar-refractivity contribution is 0.0600. The maximum atomic E-state index is 11.3. The summed E-state index contributed by atoms with van der Waals surface area (Å²) in [4.78, 5) is 33.1. The van der Waals surface area contributed by atoms with Crippen LogP contribution < -0.4 is 5.56 Å². The van der Waals surface area contributed by atoms with Crippen LogP contribution in [0.25, 0.3) is 0 Å². The molecule has 0 saturated carbocycles. The fraction of sp³-hybridized carbons (Fsp3) is 0.0909. The van der Waals surface area contributed by atoms with E-state index in [4.69, 9.17) is 0 Å². The number of pyridine rings is 1. The number of H-pyrrole nitrogens is 1. The number of ether oxygens (including phenoxy) is 1. The summed E-state index contributed by atoms with van der Waals surface area (Å²) in [5, 5.41) is 0.962. The molecule has 7 heteroatoms. The number of hydrogen-bond donors (Lipinski definition) is 1. The molecule has 0 saturated heterocycles. The fourth-order valence-corrected chi connectivity index (χ4v) is 1.98. The van der Waals surface area contributed by atoms with Crippen LogP contribution in [0.2, 0.25) is 0 Å². The number of esters is 1. The molecular weight excluding hydrogens is 254 g/mol. The van der Waals surface area contributed by atoms with Gasteiger partial charge in [-0.2, -0.15) is 0 Å². The lowest BCUT2D eigenvalue weighted by Crippen LogP contribution is -2.05. The van der Waals surface area contributed by atoms with Gasteiger partial charge in [-0.25, -0.2) is 14.8 Å². The molecule has 0 aliphatic carbocycles. The van der Waals surface area contributed by atoms with E-state index in [9.17, 15) is 9.59 Å². The number of hydrogen-bond acceptors (Lipinski definition) is 6. The van der Waals surface area contributed by atoms with E-state index in [0.717, 1.165) is 11.8 Å². The molecule has 2 heterocycles. The van der Waals surface area contributed by atoms with E-state index >= 15 is 0 Å². The molecule has 0 aliphatic heterocycles. The minimum Gasteiger partial charge on any atom is -0.465 e. The van der Waals surface area contributed by atoms with Gasteiger partial charge in [0.25, 0.3) is 5.56 Å². The second kappa shape index (κ2) is 5.46. The molecule has 0 aromatic carbocycles. The maximum absolute atomic E-state index is 11.3. The van der Waals surface area contributed by atoms with Crippen LogP contribution >= 0.6 is 11.8 Å². The summed E-state index contributed by atoms with van der Waals surface area (Å²) in [6.07, 6.45) is 2.90. The van der Waals surface area contributed by atoms with Crippen LogP contribution in [-0.2, 0) is 4.74 Å². The van der Waals surface area contributed by atoms with Crippen molar-refractivity contribution in [3.63, 3.8) is 0 Å². The van der Waals surface area contributed by atoms with E-state index in [1.807, 2.05) is 0 Å². The molecular formula is C11H9N3O3S. The topological polar surface area (TPSA) is 84.9 Å². The van der Waals surface area contributed by atoms with Crippen LogP contribution in [0.5, 0.6) is 0 Å². The van der Waals surface area contributed by atoms with Crippen LogP contribution in [0, 0.1) is 0 Å². The van der Waals surface area contributed by atoms with Crippen molar-refractivity contribution in [1.29, 1.82) is 0 Å². The molecule has 0 unspecified atom stereocenters. The molecule has 2 aromatic heterocycles. The highest BCUT2D eigenvalue weighted by Crippen LogP contribution is 2.21. The molecule has 0 fully saturated rings. The third-order valence-corrected chi connectivity index (χ3v) is 2.84. The van der Waals surface area contributed by atoms with E-state index in [2.05, 4.69) is 19.7 Å². The molecule has 92 valence electrons. The summed E-state index contributed by atoms with van der Waals surface area (Å²) >= 11 is 1.16. The Bertz CT molecular complexity index is 627. The van der Waals surface area contributed by atoms with Crippen molar-refractivity contribution >= 4 is 17.7 Å². The number of nitrogens with one attached hydrogen (secondary N) is 1. The number of aromatic nitrogens is 3. The van der Waals surface area contributed by atoms with Crippen molar-refractivity contribution in [3.8, 4) is 0 Å². The van der Waals surface area contributed by atoms with Crippen molar-refractivity contribution in [2.75, 3.05) is 7.11 Å². The number of carbonyl (C=O) groups is 1. The SMILES string of the molecule is COC(=O)c1ccnc(Sc2nccc(=O)[nH]2)c1. The largest absolute Gasteiger partial charge is 0.465 e. The highest BCUT2D eigenvalue weighted by Gasteiger charge is 2.08. The molecule has 0 radical (unpaired) electrons. The Morgan fingerprint density at radius 3 is 2.83 bits per heavy atom. The Morgan fingerprint density at radius 1 is 1.33 bits per heavy atom. The first-order chi connectivity index (χ1) is 8.69. The standard InChI is InChI=1S/C11H9N3O3S/c1-17-10(16)7-2-4-12-9(6-7)18-11-13-5-3-8(15)14-11/h2-6H,1H3,(H,13,14,15). The first-order valence-corrected chi connectivity index (χ1v) is 5.78. The Labute approximate surface area is 106 Å². The highest BCUT2D eigenvalue weighted by molar-refractivity contribution is 7.99. The van der Waals surface area contributed by atoms with Crippen molar-refractivity contribution in [1.82, 2.24) is 15.0 Å². The van der Waals surface area contributed by atoms with Gasteiger partial charge in [0.15, 0.2) is 5.16 Å².